The van der Waals surface area contributed by atoms with Gasteiger partial charge in [-0.15, -0.1) is 0 Å². The number of fused-ring (bicyclic) bond motifs is 2. The summed E-state index contributed by atoms with van der Waals surface area (Å²) >= 11 is 0. The van der Waals surface area contributed by atoms with Crippen LogP contribution < -0.4 is 0 Å². The lowest BCUT2D eigenvalue weighted by atomic mass is 9.93. The molecule has 3 aliphatic rings. The standard InChI is InChI=1S/C16H19NO5/c1-9-17-7-11-14(20-9)13(18)15-12(21-11)8-19-16(22-15)10-5-3-2-4-6-10/h2-6,11-16,18H,7-8H2,1H3/t11-,12+,13-,14+,15+,16?/m0/s1. The molecular formula is C16H19NO5. The molecule has 0 amide bonds. The van der Waals surface area contributed by atoms with Gasteiger partial charge in [0.2, 0.25) is 0 Å². The molecule has 0 saturated carbocycles. The lowest BCUT2D eigenvalue weighted by molar-refractivity contribution is -0.326. The SMILES string of the molecule is CC1=NC[C@@H]2O[C@@H]3COC(c4ccccc4)O[C@H]3[C@@H](O)[C@@H]2O1. The molecule has 22 heavy (non-hydrogen) atoms. The van der Waals surface area contributed by atoms with Crippen LogP contribution in [0.5, 0.6) is 0 Å². The molecule has 118 valence electrons. The zero-order valence-corrected chi connectivity index (χ0v) is 12.3. The van der Waals surface area contributed by atoms with Gasteiger partial charge in [-0.1, -0.05) is 30.3 Å². The Labute approximate surface area is 128 Å². The molecule has 0 aromatic heterocycles. The Hall–Kier alpha value is -1.47. The summed E-state index contributed by atoms with van der Waals surface area (Å²) in [4.78, 5) is 4.23. The molecule has 0 bridgehead atoms. The third-order valence-electron chi connectivity index (χ3n) is 4.32. The van der Waals surface area contributed by atoms with Crippen LogP contribution in [-0.4, -0.2) is 54.7 Å². The second-order valence-corrected chi connectivity index (χ2v) is 5.82. The maximum atomic E-state index is 10.6. The number of aliphatic hydroxyl groups is 1. The summed E-state index contributed by atoms with van der Waals surface area (Å²) in [5.74, 6) is 0.578. The van der Waals surface area contributed by atoms with Gasteiger partial charge in [-0.2, -0.15) is 0 Å². The zero-order chi connectivity index (χ0) is 15.1. The van der Waals surface area contributed by atoms with Gasteiger partial charge in [-0.05, 0) is 0 Å². The molecule has 1 N–H and O–H groups in total. The number of ether oxygens (including phenoxy) is 4. The average molecular weight is 305 g/mol. The summed E-state index contributed by atoms with van der Waals surface area (Å²) in [5, 5.41) is 10.6. The fourth-order valence-electron chi connectivity index (χ4n) is 3.20. The summed E-state index contributed by atoms with van der Waals surface area (Å²) in [7, 11) is 0. The van der Waals surface area contributed by atoms with Crippen molar-refractivity contribution in [3.8, 4) is 0 Å². The number of aliphatic imine (C=N–C) groups is 1. The Kier molecular flexibility index (Phi) is 3.62. The number of rotatable bonds is 1. The molecule has 0 radical (unpaired) electrons. The largest absolute Gasteiger partial charge is 0.472 e. The molecule has 4 rings (SSSR count). The lowest BCUT2D eigenvalue weighted by Crippen LogP contribution is -2.64. The normalized spacial score (nSPS) is 40.9. The van der Waals surface area contributed by atoms with Gasteiger partial charge in [-0.3, -0.25) is 4.99 Å². The Morgan fingerprint density at radius 2 is 1.91 bits per heavy atom. The van der Waals surface area contributed by atoms with Gasteiger partial charge < -0.3 is 24.1 Å². The zero-order valence-electron chi connectivity index (χ0n) is 12.3. The van der Waals surface area contributed by atoms with Crippen molar-refractivity contribution >= 4 is 5.90 Å². The van der Waals surface area contributed by atoms with Crippen molar-refractivity contribution < 1.29 is 24.1 Å². The van der Waals surface area contributed by atoms with Crippen molar-refractivity contribution in [2.75, 3.05) is 13.2 Å². The molecule has 6 atom stereocenters. The van der Waals surface area contributed by atoms with Crippen LogP contribution in [0, 0.1) is 0 Å². The van der Waals surface area contributed by atoms with Crippen molar-refractivity contribution in [3.05, 3.63) is 35.9 Å². The second-order valence-electron chi connectivity index (χ2n) is 5.82. The number of nitrogens with zero attached hydrogens (tertiary/aromatic N) is 1. The average Bonchev–Trinajstić information content (AvgIpc) is 2.56. The minimum atomic E-state index is -0.760. The predicted molar refractivity (Wildman–Crippen MR) is 77.5 cm³/mol. The monoisotopic (exact) mass is 305 g/mol. The molecule has 6 heteroatoms. The molecule has 2 fully saturated rings. The predicted octanol–water partition coefficient (Wildman–Crippen LogP) is 1.05. The molecule has 1 aromatic rings. The van der Waals surface area contributed by atoms with Crippen LogP contribution in [0.3, 0.4) is 0 Å². The first-order valence-corrected chi connectivity index (χ1v) is 7.55. The van der Waals surface area contributed by atoms with Crippen LogP contribution in [-0.2, 0) is 18.9 Å². The highest BCUT2D eigenvalue weighted by Crippen LogP contribution is 2.35. The molecule has 2 saturated heterocycles. The smallest absolute Gasteiger partial charge is 0.184 e. The summed E-state index contributed by atoms with van der Waals surface area (Å²) in [5.41, 5.74) is 0.928. The van der Waals surface area contributed by atoms with Crippen LogP contribution in [0.4, 0.5) is 0 Å². The molecule has 1 unspecified atom stereocenters. The van der Waals surface area contributed by atoms with E-state index in [9.17, 15) is 5.11 Å². The second kappa shape index (κ2) is 5.62. The van der Waals surface area contributed by atoms with E-state index in [-0.39, 0.29) is 12.2 Å². The minimum absolute atomic E-state index is 0.250. The van der Waals surface area contributed by atoms with Crippen molar-refractivity contribution in [2.24, 2.45) is 4.99 Å². The maximum absolute atomic E-state index is 10.6. The Morgan fingerprint density at radius 3 is 2.73 bits per heavy atom. The van der Waals surface area contributed by atoms with Gasteiger partial charge >= 0.3 is 0 Å². The molecule has 3 heterocycles. The van der Waals surface area contributed by atoms with E-state index >= 15 is 0 Å². The van der Waals surface area contributed by atoms with E-state index in [1.54, 1.807) is 6.92 Å². The van der Waals surface area contributed by atoms with E-state index in [1.165, 1.54) is 0 Å². The number of benzene rings is 1. The van der Waals surface area contributed by atoms with Gasteiger partial charge in [0.25, 0.3) is 0 Å². The Bertz CT molecular complexity index is 563. The molecule has 3 aliphatic heterocycles. The molecule has 0 spiro atoms. The quantitative estimate of drug-likeness (QED) is 0.840. The van der Waals surface area contributed by atoms with Crippen molar-refractivity contribution in [2.45, 2.75) is 43.7 Å². The van der Waals surface area contributed by atoms with Gasteiger partial charge in [-0.25, -0.2) is 0 Å². The number of aliphatic hydroxyl groups excluding tert-OH is 1. The number of hydrogen-bond donors (Lipinski definition) is 1. The van der Waals surface area contributed by atoms with E-state index in [4.69, 9.17) is 18.9 Å². The maximum Gasteiger partial charge on any atom is 0.184 e. The van der Waals surface area contributed by atoms with Crippen molar-refractivity contribution in [3.63, 3.8) is 0 Å². The Morgan fingerprint density at radius 1 is 1.09 bits per heavy atom. The van der Waals surface area contributed by atoms with Crippen molar-refractivity contribution in [1.29, 1.82) is 0 Å². The van der Waals surface area contributed by atoms with Gasteiger partial charge in [0, 0.05) is 12.5 Å². The van der Waals surface area contributed by atoms with E-state index in [0.29, 0.717) is 19.0 Å². The fourth-order valence-corrected chi connectivity index (χ4v) is 3.20. The third-order valence-corrected chi connectivity index (χ3v) is 4.32. The highest BCUT2D eigenvalue weighted by atomic mass is 16.7. The summed E-state index contributed by atoms with van der Waals surface area (Å²) in [6, 6.07) is 9.69. The molecule has 1 aromatic carbocycles. The van der Waals surface area contributed by atoms with Crippen LogP contribution in [0.1, 0.15) is 18.8 Å². The van der Waals surface area contributed by atoms with E-state index in [1.807, 2.05) is 30.3 Å². The molecular weight excluding hydrogens is 286 g/mol. The third kappa shape index (κ3) is 2.42. The van der Waals surface area contributed by atoms with Crippen LogP contribution in [0.25, 0.3) is 0 Å². The summed E-state index contributed by atoms with van der Waals surface area (Å²) in [6.45, 7) is 2.67. The van der Waals surface area contributed by atoms with Gasteiger partial charge in [0.15, 0.2) is 18.3 Å². The summed E-state index contributed by atoms with van der Waals surface area (Å²) in [6.07, 6.45) is -2.70. The minimum Gasteiger partial charge on any atom is -0.472 e. The number of hydrogen-bond acceptors (Lipinski definition) is 6. The van der Waals surface area contributed by atoms with E-state index in [0.717, 1.165) is 5.56 Å². The van der Waals surface area contributed by atoms with Crippen LogP contribution >= 0.6 is 0 Å². The van der Waals surface area contributed by atoms with Gasteiger partial charge in [0.05, 0.1) is 13.2 Å². The fraction of sp³-hybridized carbons (Fsp3) is 0.562. The molecule has 0 aliphatic carbocycles. The highest BCUT2D eigenvalue weighted by Gasteiger charge is 2.51. The van der Waals surface area contributed by atoms with Crippen molar-refractivity contribution in [1.82, 2.24) is 0 Å². The van der Waals surface area contributed by atoms with Gasteiger partial charge in [0.1, 0.15) is 24.4 Å². The van der Waals surface area contributed by atoms with Crippen LogP contribution in [0.2, 0.25) is 0 Å². The first kappa shape index (κ1) is 14.1. The topological polar surface area (TPSA) is 69.5 Å². The van der Waals surface area contributed by atoms with E-state index < -0.39 is 24.6 Å². The first-order valence-electron chi connectivity index (χ1n) is 7.55. The summed E-state index contributed by atoms with van der Waals surface area (Å²) < 4.78 is 23.3. The highest BCUT2D eigenvalue weighted by molar-refractivity contribution is 5.74. The lowest BCUT2D eigenvalue weighted by Gasteiger charge is -2.48. The van der Waals surface area contributed by atoms with E-state index in [2.05, 4.69) is 4.99 Å². The first-order chi connectivity index (χ1) is 10.7. The Balaban J connectivity index is 1.53. The van der Waals surface area contributed by atoms with Crippen LogP contribution in [0.15, 0.2) is 35.3 Å². The molecule has 6 nitrogen and oxygen atoms in total.